The van der Waals surface area contributed by atoms with Gasteiger partial charge in [0.15, 0.2) is 0 Å². The van der Waals surface area contributed by atoms with Crippen molar-refractivity contribution in [3.8, 4) is 0 Å². The zero-order valence-electron chi connectivity index (χ0n) is 12.1. The molecule has 0 heterocycles. The standard InChI is InChI=1S/C15H12BrF2NO3S2/c16-10-5-7-11(8-6-10)23-9-14(20)19-12-3-1-2-4-13(12)24(21,22)15(17)18/h1-8,15H,9H2,(H,19,20). The highest BCUT2D eigenvalue weighted by molar-refractivity contribution is 9.10. The molecule has 9 heteroatoms. The Balaban J connectivity index is 2.08. The van der Waals surface area contributed by atoms with Gasteiger partial charge < -0.3 is 5.32 Å². The summed E-state index contributed by atoms with van der Waals surface area (Å²) < 4.78 is 49.6. The summed E-state index contributed by atoms with van der Waals surface area (Å²) in [5.74, 6) is -4.02. The van der Waals surface area contributed by atoms with Crippen LogP contribution in [-0.4, -0.2) is 25.8 Å². The Labute approximate surface area is 150 Å². The van der Waals surface area contributed by atoms with Crippen molar-refractivity contribution in [3.05, 3.63) is 53.0 Å². The second-order valence-electron chi connectivity index (χ2n) is 4.59. The SMILES string of the molecule is O=C(CSc1ccc(Br)cc1)Nc1ccccc1S(=O)(=O)C(F)F. The number of thioether (sulfide) groups is 1. The highest BCUT2D eigenvalue weighted by Gasteiger charge is 2.29. The second-order valence-corrected chi connectivity index (χ2v) is 8.44. The van der Waals surface area contributed by atoms with Gasteiger partial charge in [-0.05, 0) is 36.4 Å². The van der Waals surface area contributed by atoms with E-state index in [-0.39, 0.29) is 11.4 Å². The van der Waals surface area contributed by atoms with Gasteiger partial charge in [0, 0.05) is 9.37 Å². The topological polar surface area (TPSA) is 63.2 Å². The summed E-state index contributed by atoms with van der Waals surface area (Å²) in [5.41, 5.74) is -0.154. The fourth-order valence-corrected chi connectivity index (χ4v) is 3.63. The third-order valence-corrected chi connectivity index (χ3v) is 5.86. The molecule has 0 radical (unpaired) electrons. The van der Waals surface area contributed by atoms with Crippen LogP contribution in [0, 0.1) is 0 Å². The van der Waals surface area contributed by atoms with Crippen LogP contribution in [0.15, 0.2) is 62.8 Å². The van der Waals surface area contributed by atoms with Crippen LogP contribution in [0.1, 0.15) is 0 Å². The van der Waals surface area contributed by atoms with E-state index < -0.39 is 26.4 Å². The van der Waals surface area contributed by atoms with E-state index in [0.29, 0.717) is 0 Å². The number of para-hydroxylation sites is 1. The summed E-state index contributed by atoms with van der Waals surface area (Å²) in [6.45, 7) is 0. The van der Waals surface area contributed by atoms with Crippen LogP contribution in [0.25, 0.3) is 0 Å². The Morgan fingerprint density at radius 1 is 1.12 bits per heavy atom. The summed E-state index contributed by atoms with van der Waals surface area (Å²) in [6.07, 6.45) is 0. The Morgan fingerprint density at radius 3 is 2.38 bits per heavy atom. The maximum Gasteiger partial charge on any atom is 0.341 e. The minimum absolute atomic E-state index is 0.0185. The summed E-state index contributed by atoms with van der Waals surface area (Å²) in [7, 11) is -4.79. The van der Waals surface area contributed by atoms with Crippen LogP contribution in [0.3, 0.4) is 0 Å². The zero-order chi connectivity index (χ0) is 17.7. The molecule has 0 spiro atoms. The Morgan fingerprint density at radius 2 is 1.75 bits per heavy atom. The predicted octanol–water partition coefficient (Wildman–Crippen LogP) is 4.18. The number of halogens is 3. The van der Waals surface area contributed by atoms with Gasteiger partial charge in [0.05, 0.1) is 16.3 Å². The molecule has 0 bridgehead atoms. The molecule has 4 nitrogen and oxygen atoms in total. The van der Waals surface area contributed by atoms with Crippen LogP contribution in [-0.2, 0) is 14.6 Å². The molecule has 128 valence electrons. The predicted molar refractivity (Wildman–Crippen MR) is 93.1 cm³/mol. The zero-order valence-corrected chi connectivity index (χ0v) is 15.3. The van der Waals surface area contributed by atoms with Gasteiger partial charge >= 0.3 is 5.76 Å². The van der Waals surface area contributed by atoms with E-state index in [2.05, 4.69) is 21.2 Å². The second kappa shape index (κ2) is 8.09. The Hall–Kier alpha value is -1.45. The molecule has 24 heavy (non-hydrogen) atoms. The number of nitrogens with one attached hydrogen (secondary N) is 1. The highest BCUT2D eigenvalue weighted by Crippen LogP contribution is 2.27. The smallest absolute Gasteiger partial charge is 0.324 e. The fraction of sp³-hybridized carbons (Fsp3) is 0.133. The average molecular weight is 436 g/mol. The van der Waals surface area contributed by atoms with Crippen molar-refractivity contribution in [1.29, 1.82) is 0 Å². The van der Waals surface area contributed by atoms with Crippen LogP contribution in [0.4, 0.5) is 14.5 Å². The lowest BCUT2D eigenvalue weighted by Gasteiger charge is -2.11. The largest absolute Gasteiger partial charge is 0.341 e. The van der Waals surface area contributed by atoms with Crippen molar-refractivity contribution < 1.29 is 22.0 Å². The molecule has 0 aliphatic heterocycles. The van der Waals surface area contributed by atoms with Crippen molar-refractivity contribution in [1.82, 2.24) is 0 Å². The van der Waals surface area contributed by atoms with Crippen molar-refractivity contribution in [2.75, 3.05) is 11.1 Å². The number of amides is 1. The molecule has 1 amide bonds. The van der Waals surface area contributed by atoms with Gasteiger partial charge in [-0.3, -0.25) is 4.79 Å². The van der Waals surface area contributed by atoms with Gasteiger partial charge in [-0.15, -0.1) is 11.8 Å². The maximum atomic E-state index is 12.7. The van der Waals surface area contributed by atoms with E-state index in [1.165, 1.54) is 30.0 Å². The number of anilines is 1. The molecule has 1 N–H and O–H groups in total. The van der Waals surface area contributed by atoms with Crippen molar-refractivity contribution >= 4 is 49.1 Å². The van der Waals surface area contributed by atoms with Gasteiger partial charge in [0.2, 0.25) is 15.7 Å². The van der Waals surface area contributed by atoms with Gasteiger partial charge in [-0.25, -0.2) is 8.42 Å². The molecule has 2 rings (SSSR count). The summed E-state index contributed by atoms with van der Waals surface area (Å²) in [5, 5.41) is 2.37. The first-order valence-electron chi connectivity index (χ1n) is 6.60. The molecule has 0 unspecified atom stereocenters. The number of carbonyl (C=O) groups is 1. The summed E-state index contributed by atoms with van der Waals surface area (Å²) >= 11 is 4.55. The summed E-state index contributed by atoms with van der Waals surface area (Å²) in [6, 6.07) is 12.4. The number of hydrogen-bond acceptors (Lipinski definition) is 4. The van der Waals surface area contributed by atoms with Crippen LogP contribution < -0.4 is 5.32 Å². The van der Waals surface area contributed by atoms with Gasteiger partial charge in [0.1, 0.15) is 0 Å². The maximum absolute atomic E-state index is 12.7. The number of hydrogen-bond donors (Lipinski definition) is 1. The minimum atomic E-state index is -4.79. The van der Waals surface area contributed by atoms with E-state index >= 15 is 0 Å². The lowest BCUT2D eigenvalue weighted by Crippen LogP contribution is -2.18. The molecule has 0 fully saturated rings. The normalized spacial score (nSPS) is 11.5. The van der Waals surface area contributed by atoms with E-state index in [4.69, 9.17) is 0 Å². The van der Waals surface area contributed by atoms with Crippen LogP contribution in [0.2, 0.25) is 0 Å². The molecule has 0 aliphatic carbocycles. The number of rotatable bonds is 6. The molecule has 0 atom stereocenters. The number of benzene rings is 2. The van der Waals surface area contributed by atoms with Gasteiger partial charge in [-0.1, -0.05) is 28.1 Å². The van der Waals surface area contributed by atoms with Crippen molar-refractivity contribution in [3.63, 3.8) is 0 Å². The third-order valence-electron chi connectivity index (χ3n) is 2.89. The third kappa shape index (κ3) is 4.78. The van der Waals surface area contributed by atoms with E-state index in [1.54, 1.807) is 0 Å². The van der Waals surface area contributed by atoms with E-state index in [1.807, 2.05) is 24.3 Å². The summed E-state index contributed by atoms with van der Waals surface area (Å²) in [4.78, 5) is 12.2. The minimum Gasteiger partial charge on any atom is -0.324 e. The van der Waals surface area contributed by atoms with E-state index in [9.17, 15) is 22.0 Å². The highest BCUT2D eigenvalue weighted by atomic mass is 79.9. The number of sulfone groups is 1. The molecule has 0 aromatic heterocycles. The fourth-order valence-electron chi connectivity index (χ4n) is 1.78. The first kappa shape index (κ1) is 18.9. The van der Waals surface area contributed by atoms with E-state index in [0.717, 1.165) is 15.4 Å². The molecular weight excluding hydrogens is 424 g/mol. The Kier molecular flexibility index (Phi) is 6.36. The Bertz CT molecular complexity index is 827. The molecule has 0 saturated carbocycles. The van der Waals surface area contributed by atoms with Crippen molar-refractivity contribution in [2.24, 2.45) is 0 Å². The first-order chi connectivity index (χ1) is 11.3. The number of alkyl halides is 2. The monoisotopic (exact) mass is 435 g/mol. The molecule has 0 saturated heterocycles. The number of carbonyl (C=O) groups excluding carboxylic acids is 1. The van der Waals surface area contributed by atoms with Crippen LogP contribution in [0.5, 0.6) is 0 Å². The lowest BCUT2D eigenvalue weighted by atomic mass is 10.3. The molecule has 0 aliphatic rings. The first-order valence-corrected chi connectivity index (χ1v) is 9.92. The van der Waals surface area contributed by atoms with Crippen molar-refractivity contribution in [2.45, 2.75) is 15.5 Å². The average Bonchev–Trinajstić information content (AvgIpc) is 2.54. The molecular formula is C15H12BrF2NO3S2. The van der Waals surface area contributed by atoms with Gasteiger partial charge in [-0.2, -0.15) is 8.78 Å². The van der Waals surface area contributed by atoms with Crippen LogP contribution >= 0.6 is 27.7 Å². The lowest BCUT2D eigenvalue weighted by molar-refractivity contribution is -0.113. The quantitative estimate of drug-likeness (QED) is 0.691. The molecule has 2 aromatic carbocycles. The molecule has 2 aromatic rings. The van der Waals surface area contributed by atoms with Gasteiger partial charge in [0.25, 0.3) is 0 Å².